The third-order valence-electron chi connectivity index (χ3n) is 2.70. The highest BCUT2D eigenvalue weighted by atomic mass is 16.6. The molecule has 0 aromatic heterocycles. The van der Waals surface area contributed by atoms with Gasteiger partial charge in [-0.25, -0.2) is 0 Å². The van der Waals surface area contributed by atoms with E-state index in [0.717, 1.165) is 17.9 Å². The normalized spacial score (nSPS) is 16.1. The maximum Gasteiger partial charge on any atom is 0.161 e. The second-order valence-corrected chi connectivity index (χ2v) is 3.82. The average molecular weight is 208 g/mol. The lowest BCUT2D eigenvalue weighted by Crippen LogP contribution is -2.15. The summed E-state index contributed by atoms with van der Waals surface area (Å²) in [5.41, 5.74) is 1.19. The minimum absolute atomic E-state index is 0.218. The van der Waals surface area contributed by atoms with Gasteiger partial charge in [-0.1, -0.05) is 13.0 Å². The van der Waals surface area contributed by atoms with Crippen molar-refractivity contribution in [3.05, 3.63) is 23.8 Å². The molecule has 0 aliphatic carbocycles. The van der Waals surface area contributed by atoms with Crippen molar-refractivity contribution in [3.8, 4) is 11.5 Å². The standard InChI is InChI=1S/C12H16O3/c1-9(4-5-13)10-2-3-11-12(8-10)15-7-6-14-11/h2-3,8-9,13H,4-7H2,1H3. The van der Waals surface area contributed by atoms with Crippen LogP contribution in [0.1, 0.15) is 24.8 Å². The lowest BCUT2D eigenvalue weighted by molar-refractivity contribution is 0.171. The summed E-state index contributed by atoms with van der Waals surface area (Å²) in [5, 5.41) is 8.88. The molecule has 0 radical (unpaired) electrons. The molecule has 1 atom stereocenters. The molecule has 1 aliphatic heterocycles. The van der Waals surface area contributed by atoms with E-state index in [4.69, 9.17) is 14.6 Å². The first-order chi connectivity index (χ1) is 7.31. The highest BCUT2D eigenvalue weighted by molar-refractivity contribution is 5.44. The zero-order valence-corrected chi connectivity index (χ0v) is 8.90. The molecule has 1 unspecified atom stereocenters. The van der Waals surface area contributed by atoms with Gasteiger partial charge in [-0.3, -0.25) is 0 Å². The first kappa shape index (κ1) is 10.3. The van der Waals surface area contributed by atoms with Crippen LogP contribution in [0.3, 0.4) is 0 Å². The summed E-state index contributed by atoms with van der Waals surface area (Å²) >= 11 is 0. The van der Waals surface area contributed by atoms with E-state index in [0.29, 0.717) is 19.1 Å². The summed E-state index contributed by atoms with van der Waals surface area (Å²) in [6, 6.07) is 5.99. The predicted molar refractivity (Wildman–Crippen MR) is 57.5 cm³/mol. The fraction of sp³-hybridized carbons (Fsp3) is 0.500. The molecule has 0 saturated carbocycles. The Morgan fingerprint density at radius 2 is 2.00 bits per heavy atom. The summed E-state index contributed by atoms with van der Waals surface area (Å²) in [6.07, 6.45) is 0.777. The zero-order valence-electron chi connectivity index (χ0n) is 8.90. The Bertz CT molecular complexity index is 336. The van der Waals surface area contributed by atoms with Gasteiger partial charge in [-0.2, -0.15) is 0 Å². The van der Waals surface area contributed by atoms with Gasteiger partial charge in [0.25, 0.3) is 0 Å². The Hall–Kier alpha value is -1.22. The van der Waals surface area contributed by atoms with Crippen molar-refractivity contribution in [2.24, 2.45) is 0 Å². The molecule has 82 valence electrons. The fourth-order valence-corrected chi connectivity index (χ4v) is 1.73. The van der Waals surface area contributed by atoms with Crippen LogP contribution in [0.2, 0.25) is 0 Å². The molecule has 3 heteroatoms. The van der Waals surface area contributed by atoms with E-state index in [1.54, 1.807) is 0 Å². The molecule has 1 aromatic rings. The van der Waals surface area contributed by atoms with Gasteiger partial charge in [-0.05, 0) is 30.0 Å². The number of hydrogen-bond donors (Lipinski definition) is 1. The van der Waals surface area contributed by atoms with E-state index in [1.165, 1.54) is 5.56 Å². The summed E-state index contributed by atoms with van der Waals surface area (Å²) in [4.78, 5) is 0. The third-order valence-corrected chi connectivity index (χ3v) is 2.70. The summed E-state index contributed by atoms with van der Waals surface area (Å²) in [6.45, 7) is 3.56. The number of aliphatic hydroxyl groups excluding tert-OH is 1. The smallest absolute Gasteiger partial charge is 0.161 e. The molecular weight excluding hydrogens is 192 g/mol. The van der Waals surface area contributed by atoms with E-state index >= 15 is 0 Å². The quantitative estimate of drug-likeness (QED) is 0.825. The number of rotatable bonds is 3. The fourth-order valence-electron chi connectivity index (χ4n) is 1.73. The van der Waals surface area contributed by atoms with Gasteiger partial charge in [0.1, 0.15) is 13.2 Å². The molecular formula is C12H16O3. The lowest BCUT2D eigenvalue weighted by Gasteiger charge is -2.20. The highest BCUT2D eigenvalue weighted by Crippen LogP contribution is 2.33. The number of ether oxygens (including phenoxy) is 2. The van der Waals surface area contributed by atoms with Crippen LogP contribution in [-0.2, 0) is 0 Å². The van der Waals surface area contributed by atoms with Crippen LogP contribution in [-0.4, -0.2) is 24.9 Å². The Balaban J connectivity index is 2.20. The van der Waals surface area contributed by atoms with Gasteiger partial charge >= 0.3 is 0 Å². The number of benzene rings is 1. The van der Waals surface area contributed by atoms with E-state index in [-0.39, 0.29) is 6.61 Å². The van der Waals surface area contributed by atoms with E-state index in [1.807, 2.05) is 18.2 Å². The topological polar surface area (TPSA) is 38.7 Å². The van der Waals surface area contributed by atoms with Gasteiger partial charge in [-0.15, -0.1) is 0 Å². The zero-order chi connectivity index (χ0) is 10.7. The van der Waals surface area contributed by atoms with Crippen molar-refractivity contribution in [1.82, 2.24) is 0 Å². The van der Waals surface area contributed by atoms with Crippen molar-refractivity contribution >= 4 is 0 Å². The Morgan fingerprint density at radius 1 is 1.27 bits per heavy atom. The van der Waals surface area contributed by atoms with Gasteiger partial charge in [0.05, 0.1) is 0 Å². The molecule has 0 bridgehead atoms. The van der Waals surface area contributed by atoms with Crippen molar-refractivity contribution in [3.63, 3.8) is 0 Å². The van der Waals surface area contributed by atoms with E-state index in [2.05, 4.69) is 6.92 Å². The molecule has 3 nitrogen and oxygen atoms in total. The SMILES string of the molecule is CC(CCO)c1ccc2c(c1)OCCO2. The van der Waals surface area contributed by atoms with E-state index in [9.17, 15) is 0 Å². The Kier molecular flexibility index (Phi) is 3.11. The monoisotopic (exact) mass is 208 g/mol. The molecule has 1 aromatic carbocycles. The molecule has 15 heavy (non-hydrogen) atoms. The van der Waals surface area contributed by atoms with Gasteiger partial charge in [0, 0.05) is 6.61 Å². The first-order valence-electron chi connectivity index (χ1n) is 5.31. The molecule has 0 saturated heterocycles. The van der Waals surface area contributed by atoms with Crippen LogP contribution in [0, 0.1) is 0 Å². The highest BCUT2D eigenvalue weighted by Gasteiger charge is 2.13. The Morgan fingerprint density at radius 3 is 2.73 bits per heavy atom. The second-order valence-electron chi connectivity index (χ2n) is 3.82. The first-order valence-corrected chi connectivity index (χ1v) is 5.31. The summed E-state index contributed by atoms with van der Waals surface area (Å²) in [7, 11) is 0. The van der Waals surface area contributed by atoms with Gasteiger partial charge < -0.3 is 14.6 Å². The number of fused-ring (bicyclic) bond motifs is 1. The summed E-state index contributed by atoms with van der Waals surface area (Å²) in [5.74, 6) is 2.00. The van der Waals surface area contributed by atoms with Crippen LogP contribution in [0.25, 0.3) is 0 Å². The molecule has 1 N–H and O–H groups in total. The molecule has 0 spiro atoms. The third kappa shape index (κ3) is 2.23. The predicted octanol–water partition coefficient (Wildman–Crippen LogP) is 1.94. The molecule has 0 amide bonds. The van der Waals surface area contributed by atoms with Crippen LogP contribution in [0.5, 0.6) is 11.5 Å². The van der Waals surface area contributed by atoms with E-state index < -0.39 is 0 Å². The minimum atomic E-state index is 0.218. The van der Waals surface area contributed by atoms with Gasteiger partial charge in [0.2, 0.25) is 0 Å². The largest absolute Gasteiger partial charge is 0.486 e. The molecule has 2 rings (SSSR count). The van der Waals surface area contributed by atoms with Crippen molar-refractivity contribution in [2.75, 3.05) is 19.8 Å². The molecule has 1 aliphatic rings. The molecule has 1 heterocycles. The van der Waals surface area contributed by atoms with Gasteiger partial charge in [0.15, 0.2) is 11.5 Å². The summed E-state index contributed by atoms with van der Waals surface area (Å²) < 4.78 is 10.9. The maximum absolute atomic E-state index is 8.88. The van der Waals surface area contributed by atoms with Crippen LogP contribution in [0.4, 0.5) is 0 Å². The van der Waals surface area contributed by atoms with Crippen LogP contribution < -0.4 is 9.47 Å². The van der Waals surface area contributed by atoms with Crippen molar-refractivity contribution in [1.29, 1.82) is 0 Å². The lowest BCUT2D eigenvalue weighted by atomic mass is 9.98. The Labute approximate surface area is 89.6 Å². The second kappa shape index (κ2) is 4.53. The molecule has 0 fully saturated rings. The number of hydrogen-bond acceptors (Lipinski definition) is 3. The van der Waals surface area contributed by atoms with Crippen molar-refractivity contribution in [2.45, 2.75) is 19.3 Å². The average Bonchev–Trinajstić information content (AvgIpc) is 2.29. The maximum atomic E-state index is 8.88. The van der Waals surface area contributed by atoms with Crippen molar-refractivity contribution < 1.29 is 14.6 Å². The van der Waals surface area contributed by atoms with Crippen LogP contribution in [0.15, 0.2) is 18.2 Å². The minimum Gasteiger partial charge on any atom is -0.486 e. The van der Waals surface area contributed by atoms with Crippen LogP contribution >= 0.6 is 0 Å². The number of aliphatic hydroxyl groups is 1.